The normalized spacial score (nSPS) is 10.3. The maximum Gasteiger partial charge on any atom is 0.225 e. The molecule has 0 saturated heterocycles. The Labute approximate surface area is 145 Å². The first kappa shape index (κ1) is 17.5. The number of halogens is 1. The zero-order valence-corrected chi connectivity index (χ0v) is 14.7. The zero-order chi connectivity index (χ0) is 16.5. The largest absolute Gasteiger partial charge is 0.497 e. The van der Waals surface area contributed by atoms with E-state index in [0.29, 0.717) is 13.0 Å². The second kappa shape index (κ2) is 9.33. The van der Waals surface area contributed by atoms with E-state index in [-0.39, 0.29) is 5.91 Å². The van der Waals surface area contributed by atoms with E-state index in [2.05, 4.69) is 32.6 Å². The lowest BCUT2D eigenvalue weighted by Crippen LogP contribution is -2.23. The van der Waals surface area contributed by atoms with Crippen molar-refractivity contribution in [2.75, 3.05) is 25.5 Å². The van der Waals surface area contributed by atoms with E-state index in [4.69, 9.17) is 4.74 Å². The third-order valence-corrected chi connectivity index (χ3v) is 3.91. The zero-order valence-electron chi connectivity index (χ0n) is 13.1. The maximum absolute atomic E-state index is 11.8. The van der Waals surface area contributed by atoms with Gasteiger partial charge in [-0.15, -0.1) is 0 Å². The summed E-state index contributed by atoms with van der Waals surface area (Å²) in [7, 11) is 1.67. The van der Waals surface area contributed by atoms with Gasteiger partial charge in [-0.25, -0.2) is 0 Å². The van der Waals surface area contributed by atoms with Gasteiger partial charge >= 0.3 is 0 Å². The molecule has 0 heterocycles. The molecule has 23 heavy (non-hydrogen) atoms. The van der Waals surface area contributed by atoms with Crippen LogP contribution in [0.15, 0.2) is 53.0 Å². The van der Waals surface area contributed by atoms with Gasteiger partial charge in [0.2, 0.25) is 5.91 Å². The van der Waals surface area contributed by atoms with E-state index in [0.717, 1.165) is 28.9 Å². The molecule has 5 heteroatoms. The maximum atomic E-state index is 11.8. The Balaban J connectivity index is 1.63. The molecule has 2 N–H and O–H groups in total. The number of methoxy groups -OCH3 is 1. The molecule has 2 rings (SSSR count). The van der Waals surface area contributed by atoms with E-state index >= 15 is 0 Å². The Morgan fingerprint density at radius 3 is 2.65 bits per heavy atom. The molecule has 0 aliphatic heterocycles. The minimum Gasteiger partial charge on any atom is -0.497 e. The van der Waals surface area contributed by atoms with Gasteiger partial charge in [-0.2, -0.15) is 0 Å². The highest BCUT2D eigenvalue weighted by Crippen LogP contribution is 2.14. The van der Waals surface area contributed by atoms with Gasteiger partial charge in [0.15, 0.2) is 0 Å². The first-order chi connectivity index (χ1) is 11.2. The highest BCUT2D eigenvalue weighted by molar-refractivity contribution is 9.10. The van der Waals surface area contributed by atoms with Crippen LogP contribution in [0.25, 0.3) is 0 Å². The Morgan fingerprint density at radius 1 is 1.13 bits per heavy atom. The summed E-state index contributed by atoms with van der Waals surface area (Å²) < 4.78 is 6.20. The molecule has 0 aliphatic carbocycles. The number of rotatable bonds is 8. The van der Waals surface area contributed by atoms with Gasteiger partial charge in [-0.05, 0) is 54.9 Å². The molecule has 0 saturated carbocycles. The molecule has 0 spiro atoms. The standard InChI is InChI=1S/C18H21BrN2O2/c1-23-17-4-2-3-14(13-17)9-11-20-12-10-18(22)21-16-7-5-15(19)6-8-16/h2-8,13,20H,9-12H2,1H3,(H,21,22). The summed E-state index contributed by atoms with van der Waals surface area (Å²) in [6.07, 6.45) is 1.36. The number of anilines is 1. The lowest BCUT2D eigenvalue weighted by molar-refractivity contribution is -0.116. The number of benzene rings is 2. The summed E-state index contributed by atoms with van der Waals surface area (Å²) in [4.78, 5) is 11.8. The minimum absolute atomic E-state index is 0.0150. The molecule has 0 atom stereocenters. The van der Waals surface area contributed by atoms with E-state index in [1.165, 1.54) is 5.56 Å². The Morgan fingerprint density at radius 2 is 1.91 bits per heavy atom. The summed E-state index contributed by atoms with van der Waals surface area (Å²) in [6.45, 7) is 1.49. The van der Waals surface area contributed by atoms with Crippen LogP contribution >= 0.6 is 15.9 Å². The minimum atomic E-state index is 0.0150. The molecule has 0 aromatic heterocycles. The number of ether oxygens (including phenoxy) is 1. The number of hydrogen-bond acceptors (Lipinski definition) is 3. The summed E-state index contributed by atoms with van der Waals surface area (Å²) in [5, 5.41) is 6.16. The molecule has 1 amide bonds. The predicted molar refractivity (Wildman–Crippen MR) is 97.0 cm³/mol. The smallest absolute Gasteiger partial charge is 0.225 e. The number of carbonyl (C=O) groups excluding carboxylic acids is 1. The Bertz CT molecular complexity index is 629. The highest BCUT2D eigenvalue weighted by atomic mass is 79.9. The fourth-order valence-corrected chi connectivity index (χ4v) is 2.41. The average Bonchev–Trinajstić information content (AvgIpc) is 2.57. The van der Waals surface area contributed by atoms with Crippen molar-refractivity contribution in [3.63, 3.8) is 0 Å². The SMILES string of the molecule is COc1cccc(CCNCCC(=O)Nc2ccc(Br)cc2)c1. The number of nitrogens with one attached hydrogen (secondary N) is 2. The predicted octanol–water partition coefficient (Wildman–Crippen LogP) is 3.62. The van der Waals surface area contributed by atoms with Gasteiger partial charge in [0, 0.05) is 23.1 Å². The average molecular weight is 377 g/mol. The lowest BCUT2D eigenvalue weighted by atomic mass is 10.1. The van der Waals surface area contributed by atoms with Crippen LogP contribution in [0.4, 0.5) is 5.69 Å². The van der Waals surface area contributed by atoms with Crippen LogP contribution in [-0.4, -0.2) is 26.1 Å². The Kier molecular flexibility index (Phi) is 7.10. The summed E-state index contributed by atoms with van der Waals surface area (Å²) in [5.74, 6) is 0.887. The van der Waals surface area contributed by atoms with Crippen molar-refractivity contribution in [2.24, 2.45) is 0 Å². The fourth-order valence-electron chi connectivity index (χ4n) is 2.14. The molecule has 0 bridgehead atoms. The van der Waals surface area contributed by atoms with Gasteiger partial charge in [0.25, 0.3) is 0 Å². The van der Waals surface area contributed by atoms with Crippen molar-refractivity contribution in [2.45, 2.75) is 12.8 Å². The van der Waals surface area contributed by atoms with Crippen molar-refractivity contribution >= 4 is 27.5 Å². The summed E-state index contributed by atoms with van der Waals surface area (Å²) in [5.41, 5.74) is 2.03. The van der Waals surface area contributed by atoms with Crippen LogP contribution < -0.4 is 15.4 Å². The molecule has 0 fully saturated rings. The van der Waals surface area contributed by atoms with Crippen LogP contribution in [0.2, 0.25) is 0 Å². The quantitative estimate of drug-likeness (QED) is 0.691. The molecule has 0 aliphatic rings. The lowest BCUT2D eigenvalue weighted by Gasteiger charge is -2.07. The number of carbonyl (C=O) groups is 1. The number of hydrogen-bond donors (Lipinski definition) is 2. The summed E-state index contributed by atoms with van der Waals surface area (Å²) >= 11 is 3.37. The van der Waals surface area contributed by atoms with Gasteiger partial charge < -0.3 is 15.4 Å². The second-order valence-electron chi connectivity index (χ2n) is 5.16. The van der Waals surface area contributed by atoms with Crippen molar-refractivity contribution in [1.29, 1.82) is 0 Å². The molecule has 0 unspecified atom stereocenters. The van der Waals surface area contributed by atoms with Gasteiger partial charge in [0.1, 0.15) is 5.75 Å². The van der Waals surface area contributed by atoms with E-state index in [1.54, 1.807) is 7.11 Å². The van der Waals surface area contributed by atoms with Gasteiger partial charge in [0.05, 0.1) is 7.11 Å². The number of amides is 1. The molecule has 2 aromatic carbocycles. The van der Waals surface area contributed by atoms with Crippen LogP contribution in [0.5, 0.6) is 5.75 Å². The van der Waals surface area contributed by atoms with Crippen molar-refractivity contribution in [3.05, 3.63) is 58.6 Å². The van der Waals surface area contributed by atoms with Crippen LogP contribution in [0, 0.1) is 0 Å². The van der Waals surface area contributed by atoms with Crippen molar-refractivity contribution < 1.29 is 9.53 Å². The molecule has 4 nitrogen and oxygen atoms in total. The highest BCUT2D eigenvalue weighted by Gasteiger charge is 2.02. The molecule has 122 valence electrons. The summed E-state index contributed by atoms with van der Waals surface area (Å²) in [6, 6.07) is 15.6. The fraction of sp³-hybridized carbons (Fsp3) is 0.278. The molecule has 2 aromatic rings. The third-order valence-electron chi connectivity index (χ3n) is 3.38. The third kappa shape index (κ3) is 6.42. The molecule has 0 radical (unpaired) electrons. The van der Waals surface area contributed by atoms with Crippen LogP contribution in [0.3, 0.4) is 0 Å². The monoisotopic (exact) mass is 376 g/mol. The second-order valence-corrected chi connectivity index (χ2v) is 6.07. The first-order valence-corrected chi connectivity index (χ1v) is 8.36. The van der Waals surface area contributed by atoms with Crippen molar-refractivity contribution in [1.82, 2.24) is 5.32 Å². The van der Waals surface area contributed by atoms with Gasteiger partial charge in [-0.3, -0.25) is 4.79 Å². The topological polar surface area (TPSA) is 50.4 Å². The molecular formula is C18H21BrN2O2. The Hall–Kier alpha value is -1.85. The van der Waals surface area contributed by atoms with E-state index in [9.17, 15) is 4.79 Å². The van der Waals surface area contributed by atoms with E-state index in [1.807, 2.05) is 42.5 Å². The molecular weight excluding hydrogens is 356 g/mol. The van der Waals surface area contributed by atoms with Crippen LogP contribution in [-0.2, 0) is 11.2 Å². The van der Waals surface area contributed by atoms with E-state index < -0.39 is 0 Å². The first-order valence-electron chi connectivity index (χ1n) is 7.56. The van der Waals surface area contributed by atoms with Crippen LogP contribution in [0.1, 0.15) is 12.0 Å². The van der Waals surface area contributed by atoms with Crippen molar-refractivity contribution in [3.8, 4) is 5.75 Å². The van der Waals surface area contributed by atoms with Gasteiger partial charge in [-0.1, -0.05) is 28.1 Å².